The van der Waals surface area contributed by atoms with Crippen LogP contribution in [0.4, 0.5) is 0 Å². The third-order valence-electron chi connectivity index (χ3n) is 1.72. The predicted octanol–water partition coefficient (Wildman–Crippen LogP) is 1.14. The van der Waals surface area contributed by atoms with Crippen LogP contribution >= 0.6 is 0 Å². The van der Waals surface area contributed by atoms with Gasteiger partial charge in [0, 0.05) is 24.2 Å². The van der Waals surface area contributed by atoms with Gasteiger partial charge in [-0.05, 0) is 27.7 Å². The van der Waals surface area contributed by atoms with E-state index < -0.39 is 0 Å². The zero-order valence-corrected chi connectivity index (χ0v) is 8.78. The Hall–Kier alpha value is -0.900. The van der Waals surface area contributed by atoms with E-state index in [9.17, 15) is 0 Å². The molecule has 1 aromatic rings. The van der Waals surface area contributed by atoms with E-state index in [1.807, 2.05) is 24.7 Å². The third kappa shape index (κ3) is 3.14. The van der Waals surface area contributed by atoms with Crippen LogP contribution in [0.25, 0.3) is 0 Å². The Bertz CT molecular complexity index is 269. The predicted molar refractivity (Wildman–Crippen MR) is 52.4 cm³/mol. The highest BCUT2D eigenvalue weighted by atomic mass is 15.4. The molecule has 1 aromatic heterocycles. The lowest BCUT2D eigenvalue weighted by Crippen LogP contribution is -2.34. The lowest BCUT2D eigenvalue weighted by Gasteiger charge is -2.15. The average Bonchev–Trinajstić information content (AvgIpc) is 2.31. The zero-order chi connectivity index (χ0) is 10.1. The molecule has 1 rings (SSSR count). The van der Waals surface area contributed by atoms with Gasteiger partial charge in [-0.1, -0.05) is 5.21 Å². The highest BCUT2D eigenvalue weighted by molar-refractivity contribution is 4.99. The van der Waals surface area contributed by atoms with Crippen LogP contribution in [0.5, 0.6) is 0 Å². The van der Waals surface area contributed by atoms with Crippen molar-refractivity contribution < 1.29 is 0 Å². The second kappa shape index (κ2) is 3.46. The molecule has 4 nitrogen and oxygen atoms in total. The second-order valence-electron chi connectivity index (χ2n) is 4.45. The maximum atomic E-state index is 5.88. The number of hydrogen-bond donors (Lipinski definition) is 1. The maximum Gasteiger partial charge on any atom is 0.0845 e. The third-order valence-corrected chi connectivity index (χ3v) is 1.72. The second-order valence-corrected chi connectivity index (χ2v) is 4.45. The van der Waals surface area contributed by atoms with Crippen molar-refractivity contribution >= 4 is 0 Å². The molecule has 0 aliphatic carbocycles. The molecule has 0 aromatic carbocycles. The molecule has 0 aliphatic rings. The van der Waals surface area contributed by atoms with Crippen LogP contribution in [-0.4, -0.2) is 20.5 Å². The van der Waals surface area contributed by atoms with Crippen molar-refractivity contribution in [2.75, 3.05) is 0 Å². The van der Waals surface area contributed by atoms with Crippen molar-refractivity contribution in [3.8, 4) is 0 Å². The quantitative estimate of drug-likeness (QED) is 0.762. The summed E-state index contributed by atoms with van der Waals surface area (Å²) in [7, 11) is 0. The van der Waals surface area contributed by atoms with Crippen molar-refractivity contribution in [2.45, 2.75) is 45.7 Å². The van der Waals surface area contributed by atoms with E-state index in [1.165, 1.54) is 0 Å². The Morgan fingerprint density at radius 1 is 1.54 bits per heavy atom. The van der Waals surface area contributed by atoms with Gasteiger partial charge in [-0.2, -0.15) is 0 Å². The van der Waals surface area contributed by atoms with Crippen LogP contribution in [0.15, 0.2) is 6.20 Å². The SMILES string of the molecule is CC(C)n1cc(CC(C)(C)N)nn1. The number of nitrogens with two attached hydrogens (primary N) is 1. The maximum absolute atomic E-state index is 5.88. The van der Waals surface area contributed by atoms with Gasteiger partial charge in [-0.25, -0.2) is 4.68 Å². The van der Waals surface area contributed by atoms with Crippen LogP contribution in [-0.2, 0) is 6.42 Å². The minimum absolute atomic E-state index is 0.210. The van der Waals surface area contributed by atoms with Crippen molar-refractivity contribution in [2.24, 2.45) is 5.73 Å². The first-order valence-corrected chi connectivity index (χ1v) is 4.58. The van der Waals surface area contributed by atoms with E-state index in [1.54, 1.807) is 0 Å². The smallest absolute Gasteiger partial charge is 0.0845 e. The summed E-state index contributed by atoms with van der Waals surface area (Å²) in [5.41, 5.74) is 6.62. The monoisotopic (exact) mass is 182 g/mol. The Morgan fingerprint density at radius 2 is 2.15 bits per heavy atom. The van der Waals surface area contributed by atoms with Gasteiger partial charge in [0.15, 0.2) is 0 Å². The number of rotatable bonds is 3. The molecule has 4 heteroatoms. The Labute approximate surface area is 79.1 Å². The summed E-state index contributed by atoms with van der Waals surface area (Å²) in [5, 5.41) is 8.07. The Balaban J connectivity index is 2.70. The van der Waals surface area contributed by atoms with Crippen molar-refractivity contribution in [1.82, 2.24) is 15.0 Å². The first-order valence-electron chi connectivity index (χ1n) is 4.58. The molecule has 0 unspecified atom stereocenters. The van der Waals surface area contributed by atoms with Crippen LogP contribution in [0.3, 0.4) is 0 Å². The molecule has 2 N–H and O–H groups in total. The molecular weight excluding hydrogens is 164 g/mol. The van der Waals surface area contributed by atoms with Crippen LogP contribution in [0.1, 0.15) is 39.4 Å². The van der Waals surface area contributed by atoms with Crippen molar-refractivity contribution in [3.63, 3.8) is 0 Å². The van der Waals surface area contributed by atoms with Gasteiger partial charge >= 0.3 is 0 Å². The summed E-state index contributed by atoms with van der Waals surface area (Å²) < 4.78 is 1.85. The Morgan fingerprint density at radius 3 is 2.54 bits per heavy atom. The molecule has 0 fully saturated rings. The fourth-order valence-electron chi connectivity index (χ4n) is 1.11. The van der Waals surface area contributed by atoms with Gasteiger partial charge in [0.05, 0.1) is 5.69 Å². The standard InChI is InChI=1S/C9H18N4/c1-7(2)13-6-8(11-12-13)5-9(3,4)10/h6-7H,5,10H2,1-4H3. The number of hydrogen-bond acceptors (Lipinski definition) is 3. The molecule has 0 radical (unpaired) electrons. The lowest BCUT2D eigenvalue weighted by molar-refractivity contribution is 0.509. The van der Waals surface area contributed by atoms with Gasteiger partial charge in [-0.15, -0.1) is 5.10 Å². The van der Waals surface area contributed by atoms with Gasteiger partial charge in [-0.3, -0.25) is 0 Å². The van der Waals surface area contributed by atoms with Crippen molar-refractivity contribution in [3.05, 3.63) is 11.9 Å². The van der Waals surface area contributed by atoms with Crippen LogP contribution in [0, 0.1) is 0 Å². The highest BCUT2D eigenvalue weighted by Gasteiger charge is 2.14. The molecular formula is C9H18N4. The van der Waals surface area contributed by atoms with E-state index in [4.69, 9.17) is 5.73 Å². The summed E-state index contributed by atoms with van der Waals surface area (Å²) in [6, 6.07) is 0.363. The zero-order valence-electron chi connectivity index (χ0n) is 8.78. The molecule has 0 bridgehead atoms. The Kier molecular flexibility index (Phi) is 2.71. The lowest BCUT2D eigenvalue weighted by atomic mass is 10.0. The van der Waals surface area contributed by atoms with Crippen LogP contribution in [0.2, 0.25) is 0 Å². The molecule has 13 heavy (non-hydrogen) atoms. The van der Waals surface area contributed by atoms with Gasteiger partial charge in [0.2, 0.25) is 0 Å². The van der Waals surface area contributed by atoms with Crippen molar-refractivity contribution in [1.29, 1.82) is 0 Å². The summed E-state index contributed by atoms with van der Waals surface area (Å²) in [4.78, 5) is 0. The van der Waals surface area contributed by atoms with Gasteiger partial charge in [0.1, 0.15) is 0 Å². The number of nitrogens with zero attached hydrogens (tertiary/aromatic N) is 3. The summed E-state index contributed by atoms with van der Waals surface area (Å²) >= 11 is 0. The number of aromatic nitrogens is 3. The van der Waals surface area contributed by atoms with E-state index in [-0.39, 0.29) is 5.54 Å². The first kappa shape index (κ1) is 10.2. The molecule has 0 saturated carbocycles. The molecule has 0 atom stereocenters. The largest absolute Gasteiger partial charge is 0.325 e. The van der Waals surface area contributed by atoms with E-state index >= 15 is 0 Å². The molecule has 1 heterocycles. The fraction of sp³-hybridized carbons (Fsp3) is 0.778. The summed E-state index contributed by atoms with van der Waals surface area (Å²) in [5.74, 6) is 0. The fourth-order valence-corrected chi connectivity index (χ4v) is 1.11. The van der Waals surface area contributed by atoms with E-state index in [0.717, 1.165) is 12.1 Å². The van der Waals surface area contributed by atoms with Crippen LogP contribution < -0.4 is 5.73 Å². The summed E-state index contributed by atoms with van der Waals surface area (Å²) in [6.45, 7) is 8.13. The van der Waals surface area contributed by atoms with Gasteiger partial charge in [0.25, 0.3) is 0 Å². The minimum atomic E-state index is -0.210. The van der Waals surface area contributed by atoms with Gasteiger partial charge < -0.3 is 5.73 Å². The molecule has 0 amide bonds. The minimum Gasteiger partial charge on any atom is -0.325 e. The highest BCUT2D eigenvalue weighted by Crippen LogP contribution is 2.08. The van der Waals surface area contributed by atoms with E-state index in [2.05, 4.69) is 24.2 Å². The summed E-state index contributed by atoms with van der Waals surface area (Å²) in [6.07, 6.45) is 2.72. The molecule has 0 spiro atoms. The molecule has 0 aliphatic heterocycles. The van der Waals surface area contributed by atoms with E-state index in [0.29, 0.717) is 6.04 Å². The molecule has 74 valence electrons. The molecule has 0 saturated heterocycles. The average molecular weight is 182 g/mol. The normalized spacial score (nSPS) is 12.5. The first-order chi connectivity index (χ1) is 5.88. The topological polar surface area (TPSA) is 56.7 Å².